The molecule has 0 unspecified atom stereocenters. The molecule has 0 aliphatic rings. The van der Waals surface area contributed by atoms with Gasteiger partial charge in [0.05, 0.1) is 0 Å². The molecule has 1 nitrogen and oxygen atoms in total. The van der Waals surface area contributed by atoms with E-state index in [0.29, 0.717) is 0 Å². The Balaban J connectivity index is -0.0000000720. The van der Waals surface area contributed by atoms with Gasteiger partial charge in [0.15, 0.2) is 0 Å². The Kier molecular flexibility index (Phi) is 24.0. The number of rotatable bonds is 0. The van der Waals surface area contributed by atoms with Crippen molar-refractivity contribution in [2.45, 2.75) is 0 Å². The fourth-order valence-electron chi connectivity index (χ4n) is 0. The molecule has 0 heterocycles. The van der Waals surface area contributed by atoms with E-state index in [1.807, 2.05) is 0 Å². The predicted octanol–water partition coefficient (Wildman–Crippen LogP) is 1.70. The van der Waals surface area contributed by atoms with E-state index in [1.165, 1.54) is 0 Å². The van der Waals surface area contributed by atoms with Crippen LogP contribution in [0.5, 0.6) is 0 Å². The van der Waals surface area contributed by atoms with E-state index < -0.39 is 64.5 Å². The van der Waals surface area contributed by atoms with Crippen LogP contribution in [0.15, 0.2) is 0 Å². The van der Waals surface area contributed by atoms with E-state index >= 15 is 0 Å². The van der Waals surface area contributed by atoms with Gasteiger partial charge in [0.1, 0.15) is 0 Å². The Morgan fingerprint density at radius 3 is 0.556 bits per heavy atom. The van der Waals surface area contributed by atoms with E-state index in [1.54, 1.807) is 0 Å². The molecule has 9 heavy (non-hydrogen) atoms. The summed E-state index contributed by atoms with van der Waals surface area (Å²) < 4.78 is 59.3. The zero-order valence-electron chi connectivity index (χ0n) is 3.92. The van der Waals surface area contributed by atoms with Crippen LogP contribution >= 0.6 is 0 Å². The van der Waals surface area contributed by atoms with Crippen LogP contribution in [0.1, 0.15) is 0 Å². The van der Waals surface area contributed by atoms with Gasteiger partial charge in [0.2, 0.25) is 0 Å². The molecule has 0 radical (unpaired) electrons. The van der Waals surface area contributed by atoms with Crippen LogP contribution in [0.3, 0.4) is 0 Å². The monoisotopic (exact) mass is 410 g/mol. The summed E-state index contributed by atoms with van der Waals surface area (Å²) in [6.45, 7) is 0. The van der Waals surface area contributed by atoms with Crippen LogP contribution in [-0.2, 0) is 0 Å². The van der Waals surface area contributed by atoms with Crippen molar-refractivity contribution in [3.63, 3.8) is 0 Å². The Morgan fingerprint density at radius 2 is 0.556 bits per heavy atom. The molecule has 0 saturated heterocycles. The van der Waals surface area contributed by atoms with Gasteiger partial charge in [-0.1, -0.05) is 0 Å². The first kappa shape index (κ1) is 17.1. The van der Waals surface area contributed by atoms with E-state index in [4.69, 9.17) is 0 Å². The van der Waals surface area contributed by atoms with Crippen LogP contribution in [0, 0.1) is 64.5 Å². The molecule has 9 heteroatoms. The predicted molar refractivity (Wildman–Crippen MR) is 10.3 cm³/mol. The molecule has 0 aromatic rings. The molecule has 0 rings (SSSR count). The Hall–Kier alpha value is 1.93. The topological polar surface area (TPSA) is 31.5 Å². The molecule has 0 aliphatic carbocycles. The third kappa shape index (κ3) is 168. The molecular formula is H2F6La2O. The van der Waals surface area contributed by atoms with Gasteiger partial charge in [0.25, 0.3) is 0 Å². The second-order valence-electron chi connectivity index (χ2n) is 0.495. The maximum atomic E-state index is 9.89. The van der Waals surface area contributed by atoms with Crippen molar-refractivity contribution in [3.05, 3.63) is 0 Å². The van der Waals surface area contributed by atoms with Gasteiger partial charge in [-0.2, -0.15) is 0 Å². The van der Waals surface area contributed by atoms with E-state index in [9.17, 15) is 9.63 Å². The van der Waals surface area contributed by atoms with Crippen LogP contribution in [0.2, 0.25) is 0 Å². The Morgan fingerprint density at radius 1 is 0.556 bits per heavy atom. The van der Waals surface area contributed by atoms with Gasteiger partial charge in [-0.3, -0.25) is 0 Å². The number of hydrogen-bond acceptors (Lipinski definition) is 0. The van der Waals surface area contributed by atoms with Crippen LogP contribution in [0.25, 0.3) is 0 Å². The molecule has 0 spiro atoms. The molecule has 0 aromatic heterocycles. The summed E-state index contributed by atoms with van der Waals surface area (Å²) >= 11 is -10.4. The molecule has 56 valence electrons. The average Bonchev–Trinajstić information content (AvgIpc) is 1.25. The summed E-state index contributed by atoms with van der Waals surface area (Å²) in [6.07, 6.45) is 0. The van der Waals surface area contributed by atoms with Crippen molar-refractivity contribution >= 4 is 0 Å². The van der Waals surface area contributed by atoms with Gasteiger partial charge in [0, 0.05) is 0 Å². The normalized spacial score (nSPS) is 6.00. The second-order valence-corrected chi connectivity index (χ2v) is 3.60. The van der Waals surface area contributed by atoms with Crippen LogP contribution in [0.4, 0.5) is 9.63 Å². The van der Waals surface area contributed by atoms with Crippen molar-refractivity contribution in [3.8, 4) is 0 Å². The van der Waals surface area contributed by atoms with Gasteiger partial charge in [-0.25, -0.2) is 0 Å². The van der Waals surface area contributed by atoms with E-state index in [0.717, 1.165) is 0 Å². The van der Waals surface area contributed by atoms with Crippen molar-refractivity contribution in [1.82, 2.24) is 0 Å². The van der Waals surface area contributed by atoms with Gasteiger partial charge in [-0.15, -0.1) is 0 Å². The zero-order chi connectivity index (χ0) is 7.15. The summed E-state index contributed by atoms with van der Waals surface area (Å²) in [5.74, 6) is 0. The summed E-state index contributed by atoms with van der Waals surface area (Å²) in [7, 11) is 0. The summed E-state index contributed by atoms with van der Waals surface area (Å²) in [6, 6.07) is 0. The molecule has 0 aliphatic heterocycles. The molecular weight excluding hydrogens is 408 g/mol. The minimum absolute atomic E-state index is 0. The van der Waals surface area contributed by atoms with Gasteiger partial charge >= 0.3 is 74.1 Å². The van der Waals surface area contributed by atoms with E-state index in [2.05, 4.69) is 0 Å². The van der Waals surface area contributed by atoms with Crippen molar-refractivity contribution in [1.29, 1.82) is 0 Å². The number of halogens is 6. The van der Waals surface area contributed by atoms with Gasteiger partial charge < -0.3 is 5.48 Å². The summed E-state index contributed by atoms with van der Waals surface area (Å²) in [4.78, 5) is 0. The first-order valence-corrected chi connectivity index (χ1v) is 9.53. The molecule has 0 saturated carbocycles. The average molecular weight is 410 g/mol. The van der Waals surface area contributed by atoms with Crippen molar-refractivity contribution < 1.29 is 79.6 Å². The minimum atomic E-state index is -5.22. The molecule has 0 bridgehead atoms. The Bertz CT molecular complexity index is 26.5. The van der Waals surface area contributed by atoms with Crippen LogP contribution in [-0.4, -0.2) is 5.48 Å². The standard InChI is InChI=1S/6FH.2La.H2O/h6*1H;;;1H2/q;;;;;;2*+3;/p-6. The molecule has 0 aromatic carbocycles. The molecule has 0 amide bonds. The van der Waals surface area contributed by atoms with Crippen LogP contribution < -0.4 is 0 Å². The fraction of sp³-hybridized carbons (Fsp3) is 0. The van der Waals surface area contributed by atoms with Crippen molar-refractivity contribution in [2.24, 2.45) is 0 Å². The maximum absolute atomic E-state index is 9.89. The summed E-state index contributed by atoms with van der Waals surface area (Å²) in [5, 5.41) is 0. The SMILES string of the molecule is O.[F][La]([F])[F].[F][La]([F])[F]. The van der Waals surface area contributed by atoms with Crippen molar-refractivity contribution in [2.75, 3.05) is 0 Å². The third-order valence-electron chi connectivity index (χ3n) is 0. The first-order valence-electron chi connectivity index (χ1n) is 1.31. The van der Waals surface area contributed by atoms with Gasteiger partial charge in [-0.05, 0) is 0 Å². The number of hydrogen-bond donors (Lipinski definition) is 0. The third-order valence-corrected chi connectivity index (χ3v) is 0. The molecule has 0 fully saturated rings. The summed E-state index contributed by atoms with van der Waals surface area (Å²) in [5.41, 5.74) is 0. The zero-order valence-corrected chi connectivity index (χ0v) is 11.2. The first-order chi connectivity index (χ1) is 3.46. The fourth-order valence-corrected chi connectivity index (χ4v) is 0. The molecule has 2 N–H and O–H groups in total. The van der Waals surface area contributed by atoms with E-state index in [-0.39, 0.29) is 5.48 Å². The second kappa shape index (κ2) is 12.6. The molecule has 0 atom stereocenters. The quantitative estimate of drug-likeness (QED) is 0.545. The Labute approximate surface area is 78.1 Å².